The first-order valence-electron chi connectivity index (χ1n) is 8.25. The molecule has 3 aromatic heterocycles. The highest BCUT2D eigenvalue weighted by atomic mass is 16.3. The number of piperidine rings is 1. The number of nitrogens with one attached hydrogen (secondary N) is 2. The molecule has 6 heteroatoms. The number of nitrogens with zero attached hydrogens (tertiary/aromatic N) is 3. The van der Waals surface area contributed by atoms with Gasteiger partial charge in [-0.3, -0.25) is 5.10 Å². The third-order valence-electron chi connectivity index (χ3n) is 4.74. The molecular weight excluding hydrogens is 302 g/mol. The number of pyridine rings is 1. The number of furan rings is 1. The highest BCUT2D eigenvalue weighted by molar-refractivity contribution is 5.96. The van der Waals surface area contributed by atoms with Crippen LogP contribution in [0.5, 0.6) is 0 Å². The van der Waals surface area contributed by atoms with Crippen LogP contribution in [0.2, 0.25) is 0 Å². The normalized spacial score (nSPS) is 15.7. The molecule has 0 aliphatic carbocycles. The lowest BCUT2D eigenvalue weighted by atomic mass is 9.88. The van der Waals surface area contributed by atoms with Crippen LogP contribution in [0, 0.1) is 25.2 Å². The Kier molecular flexibility index (Phi) is 3.58. The molecule has 1 aliphatic rings. The summed E-state index contributed by atoms with van der Waals surface area (Å²) in [6.45, 7) is 5.75. The summed E-state index contributed by atoms with van der Waals surface area (Å²) in [6.07, 6.45) is 1.96. The molecule has 0 atom stereocenters. The van der Waals surface area contributed by atoms with Crippen LogP contribution in [-0.2, 0) is 0 Å². The fraction of sp³-hybridized carbons (Fsp3) is 0.389. The number of fused-ring (bicyclic) bond motifs is 1. The van der Waals surface area contributed by atoms with E-state index >= 15 is 0 Å². The second-order valence-electron chi connectivity index (χ2n) is 6.34. The fourth-order valence-corrected chi connectivity index (χ4v) is 3.54. The molecule has 6 nitrogen and oxygen atoms in total. The van der Waals surface area contributed by atoms with Gasteiger partial charge in [0.2, 0.25) is 0 Å². The second kappa shape index (κ2) is 5.77. The Morgan fingerprint density at radius 3 is 2.71 bits per heavy atom. The summed E-state index contributed by atoms with van der Waals surface area (Å²) in [6, 6.07) is 6.23. The van der Waals surface area contributed by atoms with Gasteiger partial charge in [-0.05, 0) is 51.9 Å². The van der Waals surface area contributed by atoms with E-state index in [-0.39, 0.29) is 5.92 Å². The van der Waals surface area contributed by atoms with Crippen LogP contribution in [0.15, 0.2) is 16.5 Å². The van der Waals surface area contributed by atoms with Crippen molar-refractivity contribution in [2.75, 3.05) is 13.1 Å². The molecule has 4 rings (SSSR count). The highest BCUT2D eigenvalue weighted by Gasteiger charge is 2.27. The van der Waals surface area contributed by atoms with Crippen LogP contribution >= 0.6 is 0 Å². The summed E-state index contributed by atoms with van der Waals surface area (Å²) >= 11 is 0. The first kappa shape index (κ1) is 14.9. The molecule has 0 saturated carbocycles. The zero-order chi connectivity index (χ0) is 16.7. The van der Waals surface area contributed by atoms with Crippen LogP contribution in [-0.4, -0.2) is 28.3 Å². The molecular formula is C18H19N5O. The minimum absolute atomic E-state index is 0.275. The van der Waals surface area contributed by atoms with E-state index < -0.39 is 0 Å². The number of H-pyrrole nitrogens is 1. The van der Waals surface area contributed by atoms with Gasteiger partial charge in [-0.15, -0.1) is 0 Å². The van der Waals surface area contributed by atoms with Crippen molar-refractivity contribution in [1.29, 1.82) is 5.26 Å². The van der Waals surface area contributed by atoms with Crippen LogP contribution in [0.25, 0.3) is 22.4 Å². The average Bonchev–Trinajstić information content (AvgIpc) is 3.20. The van der Waals surface area contributed by atoms with Crippen molar-refractivity contribution in [2.45, 2.75) is 32.6 Å². The van der Waals surface area contributed by atoms with Crippen molar-refractivity contribution in [1.82, 2.24) is 20.5 Å². The smallest absolute Gasteiger partial charge is 0.182 e. The molecule has 0 spiro atoms. The summed E-state index contributed by atoms with van der Waals surface area (Å²) < 4.78 is 5.85. The molecule has 0 unspecified atom stereocenters. The highest BCUT2D eigenvalue weighted by Crippen LogP contribution is 2.38. The number of hydrogen-bond donors (Lipinski definition) is 2. The van der Waals surface area contributed by atoms with Gasteiger partial charge in [0.05, 0.1) is 16.6 Å². The van der Waals surface area contributed by atoms with Crippen molar-refractivity contribution in [3.05, 3.63) is 34.8 Å². The Morgan fingerprint density at radius 1 is 1.25 bits per heavy atom. The molecule has 1 saturated heterocycles. The maximum Gasteiger partial charge on any atom is 0.182 e. The Hall–Kier alpha value is -2.65. The molecule has 2 N–H and O–H groups in total. The third kappa shape index (κ3) is 2.29. The predicted octanol–water partition coefficient (Wildman–Crippen LogP) is 3.17. The number of aryl methyl sites for hydroxylation is 2. The van der Waals surface area contributed by atoms with E-state index in [9.17, 15) is 5.26 Å². The summed E-state index contributed by atoms with van der Waals surface area (Å²) in [4.78, 5) is 4.75. The largest absolute Gasteiger partial charge is 0.461 e. The van der Waals surface area contributed by atoms with Gasteiger partial charge in [0.1, 0.15) is 17.6 Å². The van der Waals surface area contributed by atoms with Crippen LogP contribution < -0.4 is 5.32 Å². The maximum absolute atomic E-state index is 9.91. The van der Waals surface area contributed by atoms with Crippen molar-refractivity contribution < 1.29 is 4.42 Å². The fourth-order valence-electron chi connectivity index (χ4n) is 3.54. The van der Waals surface area contributed by atoms with Gasteiger partial charge in [0.25, 0.3) is 0 Å². The van der Waals surface area contributed by atoms with E-state index in [0.29, 0.717) is 17.0 Å². The van der Waals surface area contributed by atoms with Crippen molar-refractivity contribution in [3.8, 4) is 17.4 Å². The lowest BCUT2D eigenvalue weighted by Crippen LogP contribution is -2.27. The standard InChI is InChI=1S/C18H19N5O/c1-10-3-4-14(24-10)16-13(9-19)17(12-5-7-20-8-6-12)21-18-15(16)11(2)22-23-18/h3-4,12,20H,5-8H2,1-2H3,(H,21,22,23). The predicted molar refractivity (Wildman–Crippen MR) is 90.6 cm³/mol. The number of hydrogen-bond acceptors (Lipinski definition) is 5. The van der Waals surface area contributed by atoms with Gasteiger partial charge >= 0.3 is 0 Å². The van der Waals surface area contributed by atoms with E-state index in [4.69, 9.17) is 9.40 Å². The molecule has 3 aromatic rings. The zero-order valence-electron chi connectivity index (χ0n) is 13.8. The molecule has 0 bridgehead atoms. The SMILES string of the molecule is Cc1ccc(-c2c(C#N)c(C3CCNCC3)nc3n[nH]c(C)c23)o1. The van der Waals surface area contributed by atoms with Crippen LogP contribution in [0.4, 0.5) is 0 Å². The van der Waals surface area contributed by atoms with Gasteiger partial charge < -0.3 is 9.73 Å². The van der Waals surface area contributed by atoms with Gasteiger partial charge in [0.15, 0.2) is 5.65 Å². The number of rotatable bonds is 2. The number of aromatic nitrogens is 3. The van der Waals surface area contributed by atoms with Crippen LogP contribution in [0.1, 0.15) is 41.5 Å². The van der Waals surface area contributed by atoms with Gasteiger partial charge in [-0.2, -0.15) is 10.4 Å². The monoisotopic (exact) mass is 321 g/mol. The lowest BCUT2D eigenvalue weighted by Gasteiger charge is -2.23. The Bertz CT molecular complexity index is 940. The Balaban J connectivity index is 2.03. The molecule has 1 aliphatic heterocycles. The minimum Gasteiger partial charge on any atom is -0.461 e. The molecule has 0 aromatic carbocycles. The average molecular weight is 321 g/mol. The Labute approximate surface area is 139 Å². The summed E-state index contributed by atoms with van der Waals surface area (Å²) in [5.41, 5.74) is 3.84. The lowest BCUT2D eigenvalue weighted by molar-refractivity contribution is 0.453. The van der Waals surface area contributed by atoms with Crippen molar-refractivity contribution in [3.63, 3.8) is 0 Å². The molecule has 0 radical (unpaired) electrons. The van der Waals surface area contributed by atoms with Crippen LogP contribution in [0.3, 0.4) is 0 Å². The maximum atomic E-state index is 9.91. The van der Waals surface area contributed by atoms with E-state index in [1.807, 2.05) is 26.0 Å². The van der Waals surface area contributed by atoms with Gasteiger partial charge in [-0.25, -0.2) is 4.98 Å². The first-order chi connectivity index (χ1) is 11.7. The topological polar surface area (TPSA) is 90.5 Å². The number of aromatic amines is 1. The number of nitriles is 1. The minimum atomic E-state index is 0.275. The van der Waals surface area contributed by atoms with E-state index in [1.165, 1.54) is 0 Å². The summed E-state index contributed by atoms with van der Waals surface area (Å²) in [5.74, 6) is 1.80. The summed E-state index contributed by atoms with van der Waals surface area (Å²) in [5, 5.41) is 21.5. The molecule has 122 valence electrons. The molecule has 1 fully saturated rings. The summed E-state index contributed by atoms with van der Waals surface area (Å²) in [7, 11) is 0. The van der Waals surface area contributed by atoms with Gasteiger partial charge in [-0.1, -0.05) is 0 Å². The second-order valence-corrected chi connectivity index (χ2v) is 6.34. The van der Waals surface area contributed by atoms with Gasteiger partial charge in [0, 0.05) is 17.2 Å². The third-order valence-corrected chi connectivity index (χ3v) is 4.74. The molecule has 4 heterocycles. The van der Waals surface area contributed by atoms with E-state index in [2.05, 4.69) is 21.6 Å². The zero-order valence-corrected chi connectivity index (χ0v) is 13.8. The quantitative estimate of drug-likeness (QED) is 0.756. The van der Waals surface area contributed by atoms with E-state index in [1.54, 1.807) is 0 Å². The first-order valence-corrected chi connectivity index (χ1v) is 8.25. The molecule has 24 heavy (non-hydrogen) atoms. The van der Waals surface area contributed by atoms with Crippen molar-refractivity contribution in [2.24, 2.45) is 0 Å². The Morgan fingerprint density at radius 2 is 2.04 bits per heavy atom. The molecule has 0 amide bonds. The van der Waals surface area contributed by atoms with E-state index in [0.717, 1.165) is 54.0 Å². The van der Waals surface area contributed by atoms with Crippen molar-refractivity contribution >= 4 is 11.0 Å².